The molecule has 21 heavy (non-hydrogen) atoms. The normalized spacial score (nSPS) is 12.7. The van der Waals surface area contributed by atoms with Gasteiger partial charge in [-0.05, 0) is 42.3 Å². The number of rotatable bonds is 3. The second kappa shape index (κ2) is 5.70. The fourth-order valence-electron chi connectivity index (χ4n) is 2.40. The first kappa shape index (κ1) is 14.4. The fraction of sp³-hybridized carbons (Fsp3) is 0.188. The maximum Gasteiger partial charge on any atom is 0.419 e. The van der Waals surface area contributed by atoms with Crippen LogP contribution in [0.25, 0.3) is 11.1 Å². The highest BCUT2D eigenvalue weighted by Crippen LogP contribution is 2.31. The van der Waals surface area contributed by atoms with E-state index >= 15 is 0 Å². The molecule has 0 aliphatic rings. The second-order valence-electron chi connectivity index (χ2n) is 4.76. The van der Waals surface area contributed by atoms with Gasteiger partial charge in [0.25, 0.3) is 0 Å². The summed E-state index contributed by atoms with van der Waals surface area (Å²) in [4.78, 5) is 11.7. The number of fused-ring (bicyclic) bond motifs is 1. The fourth-order valence-corrected chi connectivity index (χ4v) is 3.09. The van der Waals surface area contributed by atoms with E-state index in [-0.39, 0.29) is 11.1 Å². The number of aryl methyl sites for hydroxylation is 1. The van der Waals surface area contributed by atoms with Gasteiger partial charge < -0.3 is 4.42 Å². The van der Waals surface area contributed by atoms with Crippen LogP contribution in [0.3, 0.4) is 0 Å². The largest absolute Gasteiger partial charge is 0.419 e. The second-order valence-corrected chi connectivity index (χ2v) is 6.11. The van der Waals surface area contributed by atoms with Gasteiger partial charge in [0, 0.05) is 11.0 Å². The van der Waals surface area contributed by atoms with Crippen molar-refractivity contribution >= 4 is 38.6 Å². The standard InChI is InChI=1S/C16H13BrClNO2/c1-2-19-13-7-6-11(9-14(13)21-16(19)20)15(18)10-4-3-5-12(17)8-10/h3-9,15H,2H2,1H3. The minimum absolute atomic E-state index is 0.290. The lowest BCUT2D eigenvalue weighted by molar-refractivity contribution is 0.513. The highest BCUT2D eigenvalue weighted by molar-refractivity contribution is 9.10. The van der Waals surface area contributed by atoms with Crippen LogP contribution in [0.2, 0.25) is 0 Å². The highest BCUT2D eigenvalue weighted by atomic mass is 79.9. The number of nitrogens with zero attached hydrogens (tertiary/aromatic N) is 1. The SMILES string of the molecule is CCn1c(=O)oc2cc(C(Cl)c3cccc(Br)c3)ccc21. The Bertz CT molecular complexity index is 853. The Balaban J connectivity index is 2.07. The smallest absolute Gasteiger partial charge is 0.408 e. The molecule has 0 N–H and O–H groups in total. The monoisotopic (exact) mass is 365 g/mol. The summed E-state index contributed by atoms with van der Waals surface area (Å²) in [5, 5.41) is -0.290. The van der Waals surface area contributed by atoms with E-state index in [4.69, 9.17) is 16.0 Å². The van der Waals surface area contributed by atoms with Crippen molar-refractivity contribution in [3.63, 3.8) is 0 Å². The summed E-state index contributed by atoms with van der Waals surface area (Å²) < 4.78 is 7.86. The van der Waals surface area contributed by atoms with Crippen molar-refractivity contribution in [1.29, 1.82) is 0 Å². The van der Waals surface area contributed by atoms with E-state index < -0.39 is 0 Å². The lowest BCUT2D eigenvalue weighted by Gasteiger charge is -2.10. The van der Waals surface area contributed by atoms with Gasteiger partial charge in [-0.2, -0.15) is 0 Å². The molecule has 0 fully saturated rings. The van der Waals surface area contributed by atoms with E-state index in [2.05, 4.69) is 15.9 Å². The first-order valence-electron chi connectivity index (χ1n) is 6.63. The third kappa shape index (κ3) is 2.65. The Morgan fingerprint density at radius 3 is 2.71 bits per heavy atom. The summed E-state index contributed by atoms with van der Waals surface area (Å²) in [5.41, 5.74) is 3.26. The van der Waals surface area contributed by atoms with Gasteiger partial charge in [-0.3, -0.25) is 4.57 Å². The molecule has 0 aliphatic carbocycles. The first-order valence-corrected chi connectivity index (χ1v) is 7.86. The van der Waals surface area contributed by atoms with Crippen LogP contribution in [0, 0.1) is 0 Å². The van der Waals surface area contributed by atoms with Gasteiger partial charge in [0.15, 0.2) is 5.58 Å². The molecule has 1 aromatic heterocycles. The number of aromatic nitrogens is 1. The average molecular weight is 367 g/mol. The van der Waals surface area contributed by atoms with E-state index in [0.29, 0.717) is 12.1 Å². The number of hydrogen-bond acceptors (Lipinski definition) is 2. The van der Waals surface area contributed by atoms with E-state index in [1.54, 1.807) is 4.57 Å². The zero-order chi connectivity index (χ0) is 15.0. The Morgan fingerprint density at radius 2 is 2.00 bits per heavy atom. The van der Waals surface area contributed by atoms with Gasteiger partial charge >= 0.3 is 5.76 Å². The van der Waals surface area contributed by atoms with Gasteiger partial charge in [-0.1, -0.05) is 34.1 Å². The molecule has 3 rings (SSSR count). The van der Waals surface area contributed by atoms with E-state index in [1.165, 1.54) is 0 Å². The molecule has 1 unspecified atom stereocenters. The summed E-state index contributed by atoms with van der Waals surface area (Å²) in [6, 6.07) is 13.5. The summed E-state index contributed by atoms with van der Waals surface area (Å²) in [6.07, 6.45) is 0. The Kier molecular flexibility index (Phi) is 3.91. The van der Waals surface area contributed by atoms with Gasteiger partial charge in [-0.25, -0.2) is 4.79 Å². The van der Waals surface area contributed by atoms with Crippen LogP contribution in [-0.2, 0) is 6.54 Å². The van der Waals surface area contributed by atoms with Crippen molar-refractivity contribution in [2.45, 2.75) is 18.8 Å². The molecule has 2 aromatic carbocycles. The molecule has 0 amide bonds. The zero-order valence-corrected chi connectivity index (χ0v) is 13.7. The van der Waals surface area contributed by atoms with E-state index in [1.807, 2.05) is 49.4 Å². The van der Waals surface area contributed by atoms with Crippen LogP contribution in [0.5, 0.6) is 0 Å². The van der Waals surface area contributed by atoms with Crippen LogP contribution in [0.15, 0.2) is 56.1 Å². The lowest BCUT2D eigenvalue weighted by Crippen LogP contribution is -2.11. The van der Waals surface area contributed by atoms with Gasteiger partial charge in [-0.15, -0.1) is 11.6 Å². The molecule has 3 aromatic rings. The molecule has 0 aliphatic heterocycles. The van der Waals surface area contributed by atoms with Crippen molar-refractivity contribution in [2.24, 2.45) is 0 Å². The zero-order valence-electron chi connectivity index (χ0n) is 11.3. The summed E-state index contributed by atoms with van der Waals surface area (Å²) in [5.74, 6) is -0.335. The van der Waals surface area contributed by atoms with E-state index in [9.17, 15) is 4.79 Å². The van der Waals surface area contributed by atoms with Crippen molar-refractivity contribution in [3.8, 4) is 0 Å². The third-order valence-corrected chi connectivity index (χ3v) is 4.44. The Hall–Kier alpha value is -1.52. The van der Waals surface area contributed by atoms with Crippen molar-refractivity contribution in [1.82, 2.24) is 4.57 Å². The Morgan fingerprint density at radius 1 is 1.24 bits per heavy atom. The van der Waals surface area contributed by atoms with Crippen LogP contribution in [0.4, 0.5) is 0 Å². The molecule has 0 saturated heterocycles. The first-order chi connectivity index (χ1) is 10.1. The van der Waals surface area contributed by atoms with Crippen LogP contribution >= 0.6 is 27.5 Å². The van der Waals surface area contributed by atoms with Gasteiger partial charge in [0.1, 0.15) is 0 Å². The van der Waals surface area contributed by atoms with E-state index in [0.717, 1.165) is 21.1 Å². The number of halogens is 2. The summed E-state index contributed by atoms with van der Waals surface area (Å²) in [7, 11) is 0. The molecule has 3 nitrogen and oxygen atoms in total. The summed E-state index contributed by atoms with van der Waals surface area (Å²) in [6.45, 7) is 2.50. The van der Waals surface area contributed by atoms with Gasteiger partial charge in [0.2, 0.25) is 0 Å². The third-order valence-electron chi connectivity index (χ3n) is 3.44. The van der Waals surface area contributed by atoms with Crippen LogP contribution < -0.4 is 5.76 Å². The maximum absolute atomic E-state index is 11.7. The topological polar surface area (TPSA) is 35.1 Å². The molecule has 0 saturated carbocycles. The predicted molar refractivity (Wildman–Crippen MR) is 88.0 cm³/mol. The average Bonchev–Trinajstić information content (AvgIpc) is 2.80. The van der Waals surface area contributed by atoms with Gasteiger partial charge in [0.05, 0.1) is 10.9 Å². The van der Waals surface area contributed by atoms with Crippen molar-refractivity contribution < 1.29 is 4.42 Å². The number of alkyl halides is 1. The lowest BCUT2D eigenvalue weighted by atomic mass is 10.0. The van der Waals surface area contributed by atoms with Crippen LogP contribution in [0.1, 0.15) is 23.4 Å². The molecule has 0 spiro atoms. The minimum atomic E-state index is -0.335. The maximum atomic E-state index is 11.7. The molecule has 1 heterocycles. The molecule has 0 radical (unpaired) electrons. The quantitative estimate of drug-likeness (QED) is 0.630. The molecule has 1 atom stereocenters. The molecule has 108 valence electrons. The highest BCUT2D eigenvalue weighted by Gasteiger charge is 2.14. The predicted octanol–water partition coefficient (Wildman–Crippen LogP) is 4.71. The Labute approximate surface area is 135 Å². The van der Waals surface area contributed by atoms with Crippen molar-refractivity contribution in [3.05, 3.63) is 68.6 Å². The molecule has 0 bridgehead atoms. The van der Waals surface area contributed by atoms with Crippen LogP contribution in [-0.4, -0.2) is 4.57 Å². The minimum Gasteiger partial charge on any atom is -0.408 e. The molecule has 5 heteroatoms. The molecular weight excluding hydrogens is 354 g/mol. The number of oxazole rings is 1. The summed E-state index contributed by atoms with van der Waals surface area (Å²) >= 11 is 9.98. The number of benzene rings is 2. The van der Waals surface area contributed by atoms with Crippen molar-refractivity contribution in [2.75, 3.05) is 0 Å². The number of hydrogen-bond donors (Lipinski definition) is 0. The molecular formula is C16H13BrClNO2.